The van der Waals surface area contributed by atoms with Gasteiger partial charge in [-0.15, -0.1) is 0 Å². The molecule has 0 fully saturated rings. The second kappa shape index (κ2) is 7.21. The average molecular weight is 279 g/mol. The van der Waals surface area contributed by atoms with E-state index in [1.54, 1.807) is 11.1 Å². The van der Waals surface area contributed by atoms with Crippen LogP contribution in [0.2, 0.25) is 0 Å². The summed E-state index contributed by atoms with van der Waals surface area (Å²) in [7, 11) is 2.24. The summed E-state index contributed by atoms with van der Waals surface area (Å²) >= 11 is 0. The van der Waals surface area contributed by atoms with Gasteiger partial charge in [0.1, 0.15) is 0 Å². The Labute approximate surface area is 117 Å². The minimum Gasteiger partial charge on any atom is -0.303 e. The van der Waals surface area contributed by atoms with E-state index in [0.29, 0.717) is 16.6 Å². The third kappa shape index (κ3) is 4.96. The van der Waals surface area contributed by atoms with Gasteiger partial charge < -0.3 is 5.43 Å². The third-order valence-corrected chi connectivity index (χ3v) is 3.50. The summed E-state index contributed by atoms with van der Waals surface area (Å²) in [5.41, 5.74) is 4.15. The molecular formula is C14H21N3OS. The molecule has 0 aliphatic carbocycles. The Hall–Kier alpha value is -1.46. The lowest BCUT2D eigenvalue weighted by molar-refractivity contribution is 0.363. The van der Waals surface area contributed by atoms with Gasteiger partial charge in [0.15, 0.2) is 16.8 Å². The molecule has 0 radical (unpaired) electrons. The Morgan fingerprint density at radius 2 is 1.95 bits per heavy atom. The fourth-order valence-electron chi connectivity index (χ4n) is 1.44. The van der Waals surface area contributed by atoms with E-state index in [1.807, 2.05) is 38.4 Å². The highest BCUT2D eigenvalue weighted by Crippen LogP contribution is 2.16. The van der Waals surface area contributed by atoms with Gasteiger partial charge in [-0.05, 0) is 29.7 Å². The number of hydrogen-bond acceptors (Lipinski definition) is 2. The molecular weight excluding hydrogens is 258 g/mol. The van der Waals surface area contributed by atoms with Crippen molar-refractivity contribution in [2.24, 2.45) is 4.40 Å². The predicted octanol–water partition coefficient (Wildman–Crippen LogP) is 2.48. The predicted molar refractivity (Wildman–Crippen MR) is 81.4 cm³/mol. The Balaban J connectivity index is 2.87. The van der Waals surface area contributed by atoms with Gasteiger partial charge in [0.05, 0.1) is 4.90 Å². The molecule has 0 spiro atoms. The van der Waals surface area contributed by atoms with E-state index < -0.39 is 11.0 Å². The van der Waals surface area contributed by atoms with Gasteiger partial charge in [-0.2, -0.15) is 4.40 Å². The van der Waals surface area contributed by atoms with Crippen LogP contribution >= 0.6 is 0 Å². The van der Waals surface area contributed by atoms with Crippen LogP contribution < -0.4 is 5.43 Å². The number of hydrogen-bond donors (Lipinski definition) is 1. The molecule has 4 nitrogen and oxygen atoms in total. The van der Waals surface area contributed by atoms with Crippen LogP contribution in [0.15, 0.2) is 46.2 Å². The summed E-state index contributed by atoms with van der Waals surface area (Å²) in [5.74, 6) is 0.946. The number of rotatable bonds is 5. The normalized spacial score (nSPS) is 13.7. The Kier molecular flexibility index (Phi) is 5.92. The first kappa shape index (κ1) is 15.6. The largest absolute Gasteiger partial charge is 0.303 e. The van der Waals surface area contributed by atoms with E-state index >= 15 is 0 Å². The monoisotopic (exact) mass is 279 g/mol. The number of amidine groups is 1. The molecule has 0 bridgehead atoms. The highest BCUT2D eigenvalue weighted by atomic mass is 32.2. The summed E-state index contributed by atoms with van der Waals surface area (Å²) in [6, 6.07) is 7.68. The molecule has 1 rings (SSSR count). The highest BCUT2D eigenvalue weighted by molar-refractivity contribution is 7.83. The summed E-state index contributed by atoms with van der Waals surface area (Å²) in [6.45, 7) is 7.90. The molecule has 1 N–H and O–H groups in total. The molecule has 19 heavy (non-hydrogen) atoms. The van der Waals surface area contributed by atoms with E-state index in [4.69, 9.17) is 0 Å². The van der Waals surface area contributed by atoms with Crippen molar-refractivity contribution in [3.63, 3.8) is 0 Å². The number of nitrogens with one attached hydrogen (secondary N) is 1. The van der Waals surface area contributed by atoms with Gasteiger partial charge in [0, 0.05) is 14.1 Å². The molecule has 0 amide bonds. The standard InChI is InChI=1S/C14H21N3OS/c1-6-14(15-17(4)5)16-19(18)13-9-7-12(8-10-13)11(2)3/h6-11H,1H2,2-5H3,(H,15,16). The molecule has 0 heterocycles. The molecule has 0 aromatic heterocycles. The van der Waals surface area contributed by atoms with Crippen molar-refractivity contribution in [2.75, 3.05) is 14.1 Å². The lowest BCUT2D eigenvalue weighted by atomic mass is 10.0. The smallest absolute Gasteiger partial charge is 0.174 e. The van der Waals surface area contributed by atoms with Crippen LogP contribution in [0.5, 0.6) is 0 Å². The molecule has 0 saturated heterocycles. The van der Waals surface area contributed by atoms with Gasteiger partial charge in [-0.3, -0.25) is 0 Å². The number of nitrogens with zero attached hydrogens (tertiary/aromatic N) is 2. The zero-order chi connectivity index (χ0) is 14.4. The Bertz CT molecular complexity index is 478. The Morgan fingerprint density at radius 3 is 2.37 bits per heavy atom. The quantitative estimate of drug-likeness (QED) is 0.511. The maximum absolute atomic E-state index is 12.1. The summed E-state index contributed by atoms with van der Waals surface area (Å²) < 4.78 is 16.2. The molecule has 0 aliphatic rings. The molecule has 1 aromatic rings. The van der Waals surface area contributed by atoms with Crippen LogP contribution in [-0.2, 0) is 11.0 Å². The van der Waals surface area contributed by atoms with Crippen LogP contribution in [0.4, 0.5) is 0 Å². The second-order valence-electron chi connectivity index (χ2n) is 4.66. The van der Waals surface area contributed by atoms with Gasteiger partial charge in [-0.1, -0.05) is 32.6 Å². The summed E-state index contributed by atoms with van der Waals surface area (Å²) in [6.07, 6.45) is 1.54. The zero-order valence-electron chi connectivity index (χ0n) is 11.9. The Morgan fingerprint density at radius 1 is 1.37 bits per heavy atom. The number of hydrazine groups is 1. The van der Waals surface area contributed by atoms with Gasteiger partial charge in [-0.25, -0.2) is 9.22 Å². The van der Waals surface area contributed by atoms with Gasteiger partial charge in [0.25, 0.3) is 0 Å². The van der Waals surface area contributed by atoms with Gasteiger partial charge in [0.2, 0.25) is 0 Å². The summed E-state index contributed by atoms with van der Waals surface area (Å²) in [4.78, 5) is 0.685. The molecule has 1 unspecified atom stereocenters. The van der Waals surface area contributed by atoms with E-state index in [1.165, 1.54) is 5.56 Å². The van der Waals surface area contributed by atoms with Crippen molar-refractivity contribution in [3.8, 4) is 0 Å². The third-order valence-electron chi connectivity index (χ3n) is 2.46. The minimum absolute atomic E-state index is 0.463. The first-order valence-electron chi connectivity index (χ1n) is 6.11. The maximum atomic E-state index is 12.1. The molecule has 0 aliphatic heterocycles. The zero-order valence-corrected chi connectivity index (χ0v) is 12.7. The van der Waals surface area contributed by atoms with Crippen LogP contribution in [0.3, 0.4) is 0 Å². The van der Waals surface area contributed by atoms with E-state index in [2.05, 4.69) is 30.2 Å². The average Bonchev–Trinajstić information content (AvgIpc) is 2.37. The SMILES string of the molecule is C=C/C(=N/S(=O)c1ccc(C(C)C)cc1)NN(C)C. The highest BCUT2D eigenvalue weighted by Gasteiger charge is 2.05. The second-order valence-corrected chi connectivity index (χ2v) is 5.81. The molecule has 1 aromatic carbocycles. The van der Waals surface area contributed by atoms with Gasteiger partial charge >= 0.3 is 0 Å². The van der Waals surface area contributed by atoms with Crippen molar-refractivity contribution in [3.05, 3.63) is 42.5 Å². The van der Waals surface area contributed by atoms with E-state index in [9.17, 15) is 4.21 Å². The van der Waals surface area contributed by atoms with Crippen LogP contribution in [-0.4, -0.2) is 29.1 Å². The first-order valence-corrected chi connectivity index (χ1v) is 7.21. The van der Waals surface area contributed by atoms with Crippen LogP contribution in [0, 0.1) is 0 Å². The van der Waals surface area contributed by atoms with Crippen molar-refractivity contribution in [1.82, 2.24) is 10.4 Å². The minimum atomic E-state index is -1.42. The molecule has 0 saturated carbocycles. The molecule has 5 heteroatoms. The fraction of sp³-hybridized carbons (Fsp3) is 0.357. The molecule has 1 atom stereocenters. The molecule has 104 valence electrons. The van der Waals surface area contributed by atoms with E-state index in [-0.39, 0.29) is 0 Å². The topological polar surface area (TPSA) is 44.7 Å². The van der Waals surface area contributed by atoms with Crippen molar-refractivity contribution < 1.29 is 4.21 Å². The van der Waals surface area contributed by atoms with E-state index in [0.717, 1.165) is 0 Å². The summed E-state index contributed by atoms with van der Waals surface area (Å²) in [5, 5.41) is 1.72. The lowest BCUT2D eigenvalue weighted by Gasteiger charge is -2.12. The van der Waals surface area contributed by atoms with Crippen molar-refractivity contribution >= 4 is 16.8 Å². The van der Waals surface area contributed by atoms with Crippen molar-refractivity contribution in [1.29, 1.82) is 0 Å². The lowest BCUT2D eigenvalue weighted by Crippen LogP contribution is -2.35. The fourth-order valence-corrected chi connectivity index (χ4v) is 2.21. The van der Waals surface area contributed by atoms with Crippen LogP contribution in [0.1, 0.15) is 25.3 Å². The number of benzene rings is 1. The van der Waals surface area contributed by atoms with Crippen LogP contribution in [0.25, 0.3) is 0 Å². The first-order chi connectivity index (χ1) is 8.93. The van der Waals surface area contributed by atoms with Crippen molar-refractivity contribution in [2.45, 2.75) is 24.7 Å². The maximum Gasteiger partial charge on any atom is 0.174 e.